The maximum Gasteiger partial charge on any atom is 0.241 e. The summed E-state index contributed by atoms with van der Waals surface area (Å²) in [6.07, 6.45) is 5.38. The summed E-state index contributed by atoms with van der Waals surface area (Å²) in [4.78, 5) is 12.8. The molecule has 22 heavy (non-hydrogen) atoms. The van der Waals surface area contributed by atoms with Gasteiger partial charge in [0.25, 0.3) is 0 Å². The fourth-order valence-corrected chi connectivity index (χ4v) is 4.10. The summed E-state index contributed by atoms with van der Waals surface area (Å²) in [5.74, 6) is 1.43. The highest BCUT2D eigenvalue weighted by Gasteiger charge is 2.63. The fourth-order valence-electron chi connectivity index (χ4n) is 4.10. The summed E-state index contributed by atoms with van der Waals surface area (Å²) in [5, 5.41) is 3.24. The number of nitrogens with two attached hydrogens (primary N) is 1. The van der Waals surface area contributed by atoms with Gasteiger partial charge in [-0.05, 0) is 31.6 Å². The molecule has 4 unspecified atom stereocenters. The van der Waals surface area contributed by atoms with Crippen molar-refractivity contribution in [2.45, 2.75) is 84.4 Å². The third-order valence-corrected chi connectivity index (χ3v) is 6.23. The third-order valence-electron chi connectivity index (χ3n) is 6.23. The standard InChI is InChI=1S/C18H34N2O2/c1-6-22-15-11-18(19,17(15,4)5)16(21)20-14-9-7-8-13(10-14)12(2)3/h12-15H,6-11,19H2,1-5H3,(H,20,21). The van der Waals surface area contributed by atoms with Crippen molar-refractivity contribution in [3.8, 4) is 0 Å². The molecule has 2 aliphatic carbocycles. The summed E-state index contributed by atoms with van der Waals surface area (Å²) in [5.41, 5.74) is 5.36. The van der Waals surface area contributed by atoms with Crippen LogP contribution in [-0.2, 0) is 9.53 Å². The van der Waals surface area contributed by atoms with Gasteiger partial charge in [0.05, 0.1) is 6.10 Å². The SMILES string of the molecule is CCOC1CC(N)(C(=O)NC2CCCC(C(C)C)C2)C1(C)C. The maximum absolute atomic E-state index is 12.8. The van der Waals surface area contributed by atoms with E-state index in [0.717, 1.165) is 18.8 Å². The third kappa shape index (κ3) is 3.05. The van der Waals surface area contributed by atoms with Crippen LogP contribution in [0.25, 0.3) is 0 Å². The van der Waals surface area contributed by atoms with Crippen molar-refractivity contribution in [3.05, 3.63) is 0 Å². The van der Waals surface area contributed by atoms with Gasteiger partial charge in [0.1, 0.15) is 5.54 Å². The minimum atomic E-state index is -0.794. The van der Waals surface area contributed by atoms with Crippen LogP contribution in [0.5, 0.6) is 0 Å². The molecule has 2 fully saturated rings. The molecule has 2 rings (SSSR count). The molecule has 128 valence electrons. The van der Waals surface area contributed by atoms with Gasteiger partial charge in [0, 0.05) is 24.5 Å². The Kier molecular flexibility index (Phi) is 5.23. The first-order chi connectivity index (χ1) is 10.2. The fraction of sp³-hybridized carbons (Fsp3) is 0.944. The van der Waals surface area contributed by atoms with E-state index in [1.807, 2.05) is 20.8 Å². The van der Waals surface area contributed by atoms with E-state index in [9.17, 15) is 4.79 Å². The first-order valence-electron chi connectivity index (χ1n) is 8.93. The van der Waals surface area contributed by atoms with Gasteiger partial charge < -0.3 is 15.8 Å². The molecule has 0 saturated heterocycles. The average molecular weight is 310 g/mol. The second-order valence-electron chi connectivity index (χ2n) is 8.18. The van der Waals surface area contributed by atoms with Crippen LogP contribution in [0.1, 0.15) is 66.7 Å². The lowest BCUT2D eigenvalue weighted by atomic mass is 9.54. The Labute approximate surface area is 135 Å². The molecular weight excluding hydrogens is 276 g/mol. The van der Waals surface area contributed by atoms with Gasteiger partial charge >= 0.3 is 0 Å². The van der Waals surface area contributed by atoms with Crippen molar-refractivity contribution in [1.29, 1.82) is 0 Å². The molecule has 4 atom stereocenters. The van der Waals surface area contributed by atoms with E-state index in [0.29, 0.717) is 18.9 Å². The lowest BCUT2D eigenvalue weighted by molar-refractivity contribution is -0.171. The zero-order valence-corrected chi connectivity index (χ0v) is 14.9. The van der Waals surface area contributed by atoms with Crippen molar-refractivity contribution < 1.29 is 9.53 Å². The number of rotatable bonds is 5. The van der Waals surface area contributed by atoms with Gasteiger partial charge in [-0.1, -0.05) is 40.5 Å². The highest BCUT2D eigenvalue weighted by atomic mass is 16.5. The largest absolute Gasteiger partial charge is 0.378 e. The quantitative estimate of drug-likeness (QED) is 0.820. The van der Waals surface area contributed by atoms with Crippen LogP contribution in [0.4, 0.5) is 0 Å². The predicted molar refractivity (Wildman–Crippen MR) is 89.5 cm³/mol. The Morgan fingerprint density at radius 2 is 2.05 bits per heavy atom. The Bertz CT molecular complexity index is 408. The van der Waals surface area contributed by atoms with Crippen LogP contribution < -0.4 is 11.1 Å². The number of amides is 1. The van der Waals surface area contributed by atoms with Gasteiger partial charge in [-0.25, -0.2) is 0 Å². The molecule has 0 spiro atoms. The number of ether oxygens (including phenoxy) is 1. The predicted octanol–water partition coefficient (Wildman–Crippen LogP) is 2.85. The van der Waals surface area contributed by atoms with Crippen LogP contribution >= 0.6 is 0 Å². The molecule has 4 nitrogen and oxygen atoms in total. The molecule has 0 radical (unpaired) electrons. The molecule has 0 aromatic heterocycles. The number of nitrogens with one attached hydrogen (secondary N) is 1. The molecule has 2 saturated carbocycles. The second kappa shape index (κ2) is 6.48. The monoisotopic (exact) mass is 310 g/mol. The minimum absolute atomic E-state index is 0.0165. The summed E-state index contributed by atoms with van der Waals surface area (Å²) < 4.78 is 5.72. The molecule has 4 heteroatoms. The van der Waals surface area contributed by atoms with Crippen LogP contribution in [0.15, 0.2) is 0 Å². The van der Waals surface area contributed by atoms with Gasteiger partial charge in [-0.2, -0.15) is 0 Å². The lowest BCUT2D eigenvalue weighted by Gasteiger charge is -2.58. The maximum atomic E-state index is 12.8. The number of carbonyl (C=O) groups is 1. The second-order valence-corrected chi connectivity index (χ2v) is 8.18. The zero-order chi connectivity index (χ0) is 16.5. The van der Waals surface area contributed by atoms with Crippen molar-refractivity contribution >= 4 is 5.91 Å². The molecule has 3 N–H and O–H groups in total. The summed E-state index contributed by atoms with van der Waals surface area (Å²) in [6, 6.07) is 0.288. The lowest BCUT2D eigenvalue weighted by Crippen LogP contribution is -2.76. The van der Waals surface area contributed by atoms with Gasteiger partial charge in [0.2, 0.25) is 5.91 Å². The highest BCUT2D eigenvalue weighted by molar-refractivity contribution is 5.89. The number of hydrogen-bond acceptors (Lipinski definition) is 3. The Balaban J connectivity index is 1.95. The van der Waals surface area contributed by atoms with Crippen molar-refractivity contribution in [2.24, 2.45) is 23.0 Å². The smallest absolute Gasteiger partial charge is 0.241 e. The molecule has 0 aromatic rings. The van der Waals surface area contributed by atoms with E-state index in [4.69, 9.17) is 10.5 Å². The Morgan fingerprint density at radius 1 is 1.36 bits per heavy atom. The summed E-state index contributed by atoms with van der Waals surface area (Å²) in [6.45, 7) is 11.3. The molecule has 0 aliphatic heterocycles. The highest BCUT2D eigenvalue weighted by Crippen LogP contribution is 2.50. The summed E-state index contributed by atoms with van der Waals surface area (Å²) >= 11 is 0. The van der Waals surface area contributed by atoms with E-state index >= 15 is 0 Å². The van der Waals surface area contributed by atoms with Gasteiger partial charge in [-0.15, -0.1) is 0 Å². The molecule has 0 bridgehead atoms. The molecule has 2 aliphatic rings. The van der Waals surface area contributed by atoms with Crippen LogP contribution in [0.3, 0.4) is 0 Å². The molecule has 0 aromatic carbocycles. The van der Waals surface area contributed by atoms with Crippen molar-refractivity contribution in [1.82, 2.24) is 5.32 Å². The minimum Gasteiger partial charge on any atom is -0.378 e. The number of hydrogen-bond donors (Lipinski definition) is 2. The zero-order valence-electron chi connectivity index (χ0n) is 14.9. The first kappa shape index (κ1) is 17.7. The first-order valence-corrected chi connectivity index (χ1v) is 8.93. The van der Waals surface area contributed by atoms with Crippen molar-refractivity contribution in [3.63, 3.8) is 0 Å². The van der Waals surface area contributed by atoms with Crippen LogP contribution in [0.2, 0.25) is 0 Å². The Morgan fingerprint density at radius 3 is 2.59 bits per heavy atom. The van der Waals surface area contributed by atoms with Crippen molar-refractivity contribution in [2.75, 3.05) is 6.61 Å². The van der Waals surface area contributed by atoms with Crippen LogP contribution in [-0.4, -0.2) is 30.2 Å². The molecular formula is C18H34N2O2. The topological polar surface area (TPSA) is 64.3 Å². The van der Waals surface area contributed by atoms with E-state index in [2.05, 4.69) is 19.2 Å². The Hall–Kier alpha value is -0.610. The summed E-state index contributed by atoms with van der Waals surface area (Å²) in [7, 11) is 0. The van der Waals surface area contributed by atoms with Gasteiger partial charge in [-0.3, -0.25) is 4.79 Å². The molecule has 0 heterocycles. The molecule has 1 amide bonds. The normalized spacial score (nSPS) is 37.7. The average Bonchev–Trinajstić information content (AvgIpc) is 2.47. The van der Waals surface area contributed by atoms with E-state index in [1.165, 1.54) is 12.8 Å². The number of carbonyl (C=O) groups excluding carboxylic acids is 1. The van der Waals surface area contributed by atoms with E-state index < -0.39 is 5.54 Å². The van der Waals surface area contributed by atoms with E-state index in [1.54, 1.807) is 0 Å². The van der Waals surface area contributed by atoms with E-state index in [-0.39, 0.29) is 23.5 Å². The van der Waals surface area contributed by atoms with Gasteiger partial charge in [0.15, 0.2) is 0 Å². The van der Waals surface area contributed by atoms with Crippen LogP contribution in [0, 0.1) is 17.3 Å².